The zero-order valence-corrected chi connectivity index (χ0v) is 9.34. The Bertz CT molecular complexity index is 389. The molecule has 1 aliphatic carbocycles. The highest BCUT2D eigenvalue weighted by atomic mass is 79.9. The van der Waals surface area contributed by atoms with Crippen molar-refractivity contribution in [3.8, 4) is 0 Å². The molecule has 2 unspecified atom stereocenters. The van der Waals surface area contributed by atoms with Gasteiger partial charge in [0.05, 0.1) is 0 Å². The maximum Gasteiger partial charge on any atom is 0.136 e. The Balaban J connectivity index is 2.33. The van der Waals surface area contributed by atoms with Gasteiger partial charge in [-0.25, -0.2) is 4.39 Å². The molecule has 0 aliphatic heterocycles. The topological polar surface area (TPSA) is 17.1 Å². The van der Waals surface area contributed by atoms with E-state index >= 15 is 0 Å². The van der Waals surface area contributed by atoms with E-state index in [4.69, 9.17) is 0 Å². The van der Waals surface area contributed by atoms with Crippen molar-refractivity contribution in [1.82, 2.24) is 0 Å². The van der Waals surface area contributed by atoms with E-state index in [0.717, 1.165) is 4.47 Å². The minimum absolute atomic E-state index is 0.0289. The predicted octanol–water partition coefficient (Wildman–Crippen LogP) is 3.28. The van der Waals surface area contributed by atoms with Gasteiger partial charge in [0, 0.05) is 22.7 Å². The number of hydrogen-bond donors (Lipinski definition) is 0. The van der Waals surface area contributed by atoms with Gasteiger partial charge in [0.25, 0.3) is 0 Å². The summed E-state index contributed by atoms with van der Waals surface area (Å²) in [5, 5.41) is 0. The molecule has 0 saturated heterocycles. The van der Waals surface area contributed by atoms with Crippen LogP contribution < -0.4 is 0 Å². The van der Waals surface area contributed by atoms with Crippen LogP contribution in [0.25, 0.3) is 0 Å². The van der Waals surface area contributed by atoms with E-state index < -0.39 is 0 Å². The van der Waals surface area contributed by atoms with Gasteiger partial charge >= 0.3 is 0 Å². The van der Waals surface area contributed by atoms with E-state index in [-0.39, 0.29) is 23.4 Å². The van der Waals surface area contributed by atoms with Crippen molar-refractivity contribution < 1.29 is 9.18 Å². The molecule has 0 heterocycles. The minimum Gasteiger partial charge on any atom is -0.299 e. The van der Waals surface area contributed by atoms with Crippen LogP contribution in [0.5, 0.6) is 0 Å². The zero-order chi connectivity index (χ0) is 10.3. The summed E-state index contributed by atoms with van der Waals surface area (Å²) in [6, 6.07) is 4.88. The van der Waals surface area contributed by atoms with E-state index in [1.165, 1.54) is 6.07 Å². The summed E-state index contributed by atoms with van der Waals surface area (Å²) in [6.07, 6.45) is 0.481. The molecule has 14 heavy (non-hydrogen) atoms. The molecule has 0 radical (unpaired) electrons. The van der Waals surface area contributed by atoms with Crippen LogP contribution >= 0.6 is 15.9 Å². The molecule has 0 bridgehead atoms. The summed E-state index contributed by atoms with van der Waals surface area (Å²) in [4.78, 5) is 11.1. The Morgan fingerprint density at radius 1 is 1.50 bits per heavy atom. The summed E-state index contributed by atoms with van der Waals surface area (Å²) >= 11 is 3.30. The van der Waals surface area contributed by atoms with Gasteiger partial charge in [0.15, 0.2) is 0 Å². The van der Waals surface area contributed by atoms with Gasteiger partial charge in [-0.05, 0) is 23.8 Å². The van der Waals surface area contributed by atoms with Crippen LogP contribution in [0.1, 0.15) is 24.8 Å². The predicted molar refractivity (Wildman–Crippen MR) is 55.6 cm³/mol. The van der Waals surface area contributed by atoms with Crippen LogP contribution in [-0.4, -0.2) is 5.78 Å². The number of Topliss-reactive ketones (excluding diaryl/α,β-unsaturated/α-hetero) is 1. The highest BCUT2D eigenvalue weighted by molar-refractivity contribution is 9.10. The number of ketones is 1. The first-order chi connectivity index (χ1) is 6.59. The van der Waals surface area contributed by atoms with Crippen LogP contribution in [0.4, 0.5) is 4.39 Å². The Morgan fingerprint density at radius 3 is 2.79 bits per heavy atom. The van der Waals surface area contributed by atoms with E-state index in [2.05, 4.69) is 15.9 Å². The van der Waals surface area contributed by atoms with Gasteiger partial charge in [-0.2, -0.15) is 0 Å². The third-order valence-electron chi connectivity index (χ3n) is 2.89. The van der Waals surface area contributed by atoms with Gasteiger partial charge < -0.3 is 0 Å². The number of benzene rings is 1. The maximum absolute atomic E-state index is 13.4. The van der Waals surface area contributed by atoms with Crippen molar-refractivity contribution in [2.24, 2.45) is 5.92 Å². The molecule has 0 amide bonds. The van der Waals surface area contributed by atoms with Crippen LogP contribution in [-0.2, 0) is 4.79 Å². The van der Waals surface area contributed by atoms with E-state index in [1.54, 1.807) is 12.1 Å². The summed E-state index contributed by atoms with van der Waals surface area (Å²) in [7, 11) is 0. The van der Waals surface area contributed by atoms with E-state index in [1.807, 2.05) is 6.92 Å². The monoisotopic (exact) mass is 256 g/mol. The maximum atomic E-state index is 13.4. The quantitative estimate of drug-likeness (QED) is 0.754. The van der Waals surface area contributed by atoms with Crippen LogP contribution in [0.3, 0.4) is 0 Å². The molecule has 1 aliphatic rings. The fourth-order valence-corrected chi connectivity index (χ4v) is 2.20. The first kappa shape index (κ1) is 9.84. The Hall–Kier alpha value is -0.700. The SMILES string of the molecule is CC1C(=O)CC1c1cc(Br)ccc1F. The van der Waals surface area contributed by atoms with Crippen molar-refractivity contribution in [2.75, 3.05) is 0 Å². The smallest absolute Gasteiger partial charge is 0.136 e. The van der Waals surface area contributed by atoms with Crippen molar-refractivity contribution >= 4 is 21.7 Å². The molecule has 0 aromatic heterocycles. The molecule has 1 nitrogen and oxygen atoms in total. The molecule has 0 N–H and O–H groups in total. The van der Waals surface area contributed by atoms with Crippen molar-refractivity contribution in [3.05, 3.63) is 34.1 Å². The third kappa shape index (κ3) is 1.50. The molecule has 2 rings (SSSR count). The van der Waals surface area contributed by atoms with Crippen molar-refractivity contribution in [3.63, 3.8) is 0 Å². The molecule has 1 aromatic rings. The zero-order valence-electron chi connectivity index (χ0n) is 7.76. The lowest BCUT2D eigenvalue weighted by Gasteiger charge is -2.32. The molecule has 1 aromatic carbocycles. The minimum atomic E-state index is -0.211. The summed E-state index contributed by atoms with van der Waals surface area (Å²) in [6.45, 7) is 1.86. The van der Waals surface area contributed by atoms with Gasteiger partial charge in [0.1, 0.15) is 11.6 Å². The second kappa shape index (κ2) is 3.46. The first-order valence-corrected chi connectivity index (χ1v) is 5.36. The molecule has 3 heteroatoms. The lowest BCUT2D eigenvalue weighted by Crippen LogP contribution is -2.33. The number of carbonyl (C=O) groups is 1. The summed E-state index contributed by atoms with van der Waals surface area (Å²) in [5.41, 5.74) is 0.659. The molecule has 74 valence electrons. The second-order valence-electron chi connectivity index (χ2n) is 3.73. The number of rotatable bonds is 1. The number of hydrogen-bond acceptors (Lipinski definition) is 1. The van der Waals surface area contributed by atoms with Crippen LogP contribution in [0.15, 0.2) is 22.7 Å². The lowest BCUT2D eigenvalue weighted by molar-refractivity contribution is -0.130. The normalized spacial score (nSPS) is 26.1. The molecular formula is C11H10BrFO. The standard InChI is InChI=1S/C11H10BrFO/c1-6-8(5-11(6)14)9-4-7(12)2-3-10(9)13/h2-4,6,8H,5H2,1H3. The summed E-state index contributed by atoms with van der Waals surface area (Å²) in [5.74, 6) is 0.0609. The molecule has 0 spiro atoms. The van der Waals surface area contributed by atoms with Gasteiger partial charge in [-0.3, -0.25) is 4.79 Å². The fraction of sp³-hybridized carbons (Fsp3) is 0.364. The second-order valence-corrected chi connectivity index (χ2v) is 4.65. The van der Waals surface area contributed by atoms with Crippen LogP contribution in [0, 0.1) is 11.7 Å². The highest BCUT2D eigenvalue weighted by Gasteiger charge is 2.38. The Labute approximate surface area is 90.4 Å². The molecular weight excluding hydrogens is 247 g/mol. The Morgan fingerprint density at radius 2 is 2.21 bits per heavy atom. The number of carbonyl (C=O) groups excluding carboxylic acids is 1. The Kier molecular flexibility index (Phi) is 2.43. The first-order valence-electron chi connectivity index (χ1n) is 4.57. The van der Waals surface area contributed by atoms with Crippen molar-refractivity contribution in [1.29, 1.82) is 0 Å². The van der Waals surface area contributed by atoms with E-state index in [9.17, 15) is 9.18 Å². The van der Waals surface area contributed by atoms with E-state index in [0.29, 0.717) is 12.0 Å². The average Bonchev–Trinajstić information content (AvgIpc) is 2.18. The van der Waals surface area contributed by atoms with Gasteiger partial charge in [-0.15, -0.1) is 0 Å². The third-order valence-corrected chi connectivity index (χ3v) is 3.38. The average molecular weight is 257 g/mol. The lowest BCUT2D eigenvalue weighted by atomic mass is 9.70. The van der Waals surface area contributed by atoms with Gasteiger partial charge in [-0.1, -0.05) is 22.9 Å². The fourth-order valence-electron chi connectivity index (χ4n) is 1.82. The highest BCUT2D eigenvalue weighted by Crippen LogP contribution is 2.40. The van der Waals surface area contributed by atoms with Crippen LogP contribution in [0.2, 0.25) is 0 Å². The molecule has 2 atom stereocenters. The molecule has 1 saturated carbocycles. The molecule has 1 fully saturated rings. The van der Waals surface area contributed by atoms with Gasteiger partial charge in [0.2, 0.25) is 0 Å². The van der Waals surface area contributed by atoms with Crippen molar-refractivity contribution in [2.45, 2.75) is 19.3 Å². The summed E-state index contributed by atoms with van der Waals surface area (Å²) < 4.78 is 14.3. The number of halogens is 2. The largest absolute Gasteiger partial charge is 0.299 e.